The predicted molar refractivity (Wildman–Crippen MR) is 114 cm³/mol. The molecule has 2 heterocycles. The van der Waals surface area contributed by atoms with Crippen molar-refractivity contribution in [3.05, 3.63) is 47.3 Å². The lowest BCUT2D eigenvalue weighted by Crippen LogP contribution is -2.34. The molecule has 9 heteroatoms. The van der Waals surface area contributed by atoms with E-state index in [0.717, 1.165) is 5.56 Å². The van der Waals surface area contributed by atoms with Crippen LogP contribution in [0.15, 0.2) is 41.8 Å². The van der Waals surface area contributed by atoms with Gasteiger partial charge in [0.1, 0.15) is 17.2 Å². The molecule has 1 aliphatic heterocycles. The molecule has 0 saturated carbocycles. The van der Waals surface area contributed by atoms with Gasteiger partial charge in [0.25, 0.3) is 11.8 Å². The number of fused-ring (bicyclic) bond motifs is 1. The molecule has 2 N–H and O–H groups in total. The number of nitrogens with one attached hydrogen (secondary N) is 2. The van der Waals surface area contributed by atoms with E-state index >= 15 is 0 Å². The Morgan fingerprint density at radius 2 is 1.90 bits per heavy atom. The fraction of sp³-hybridized carbons (Fsp3) is 0.190. The Bertz CT molecular complexity index is 1110. The molecule has 0 radical (unpaired) electrons. The molecule has 0 unspecified atom stereocenters. The van der Waals surface area contributed by atoms with Crippen molar-refractivity contribution in [2.24, 2.45) is 0 Å². The second-order valence-electron chi connectivity index (χ2n) is 6.55. The summed E-state index contributed by atoms with van der Waals surface area (Å²) >= 11 is 1.30. The van der Waals surface area contributed by atoms with Crippen LogP contribution >= 0.6 is 11.3 Å². The molecule has 0 saturated heterocycles. The largest absolute Gasteiger partial charge is 0.497 e. The summed E-state index contributed by atoms with van der Waals surface area (Å²) in [5.41, 5.74) is 2.46. The fourth-order valence-corrected chi connectivity index (χ4v) is 3.65. The highest BCUT2D eigenvalue weighted by molar-refractivity contribution is 7.14. The maximum Gasteiger partial charge on any atom is 0.265 e. The SMILES string of the molecule is COc1cc(OC)cc(C(=O)Nc2nc(-c3ccc4c(c3)NC(=O)[C@@H](C)O4)cs2)c1. The average Bonchev–Trinajstić information content (AvgIpc) is 3.22. The molecule has 3 aromatic rings. The van der Waals surface area contributed by atoms with Gasteiger partial charge in [0.15, 0.2) is 11.2 Å². The van der Waals surface area contributed by atoms with Crippen LogP contribution in [0.4, 0.5) is 10.8 Å². The summed E-state index contributed by atoms with van der Waals surface area (Å²) in [4.78, 5) is 29.0. The number of methoxy groups -OCH3 is 2. The summed E-state index contributed by atoms with van der Waals surface area (Å²) in [7, 11) is 3.05. The first-order valence-corrected chi connectivity index (χ1v) is 9.96. The molecule has 2 amide bonds. The van der Waals surface area contributed by atoms with Gasteiger partial charge in [-0.25, -0.2) is 4.98 Å². The number of ether oxygens (including phenoxy) is 3. The number of hydrogen-bond acceptors (Lipinski definition) is 7. The summed E-state index contributed by atoms with van der Waals surface area (Å²) in [6.45, 7) is 1.69. The van der Waals surface area contributed by atoms with E-state index in [9.17, 15) is 9.59 Å². The van der Waals surface area contributed by atoms with Crippen LogP contribution in [0.2, 0.25) is 0 Å². The van der Waals surface area contributed by atoms with Crippen molar-refractivity contribution in [2.45, 2.75) is 13.0 Å². The second kappa shape index (κ2) is 8.03. The number of amides is 2. The molecular weight excluding hydrogens is 406 g/mol. The lowest BCUT2D eigenvalue weighted by Gasteiger charge is -2.23. The standard InChI is InChI=1S/C21H19N3O5S/c1-11-19(25)22-16-8-12(4-5-18(16)29-11)17-10-30-21(23-17)24-20(26)13-6-14(27-2)9-15(7-13)28-3/h4-11H,1-3H3,(H,22,25)(H,23,24,26)/t11-/m1/s1. The van der Waals surface area contributed by atoms with Gasteiger partial charge in [-0.3, -0.25) is 14.9 Å². The number of benzene rings is 2. The highest BCUT2D eigenvalue weighted by Crippen LogP contribution is 2.35. The minimum atomic E-state index is -0.528. The number of carbonyl (C=O) groups excluding carboxylic acids is 2. The van der Waals surface area contributed by atoms with Crippen LogP contribution in [-0.4, -0.2) is 37.1 Å². The molecule has 30 heavy (non-hydrogen) atoms. The Kier molecular flexibility index (Phi) is 5.28. The van der Waals surface area contributed by atoms with Crippen LogP contribution in [0.5, 0.6) is 17.2 Å². The third kappa shape index (κ3) is 3.92. The molecule has 0 aliphatic carbocycles. The van der Waals surface area contributed by atoms with E-state index in [2.05, 4.69) is 15.6 Å². The van der Waals surface area contributed by atoms with Crippen LogP contribution in [0.1, 0.15) is 17.3 Å². The summed E-state index contributed by atoms with van der Waals surface area (Å²) in [6, 6.07) is 10.4. The van der Waals surface area contributed by atoms with Crippen molar-refractivity contribution in [1.29, 1.82) is 0 Å². The number of carbonyl (C=O) groups is 2. The number of rotatable bonds is 5. The van der Waals surface area contributed by atoms with Crippen molar-refractivity contribution >= 4 is 34.0 Å². The molecule has 0 bridgehead atoms. The minimum Gasteiger partial charge on any atom is -0.497 e. The van der Waals surface area contributed by atoms with Gasteiger partial charge in [-0.2, -0.15) is 0 Å². The van der Waals surface area contributed by atoms with Crippen LogP contribution in [0.3, 0.4) is 0 Å². The zero-order valence-corrected chi connectivity index (χ0v) is 17.3. The predicted octanol–water partition coefficient (Wildman–Crippen LogP) is 3.80. The summed E-state index contributed by atoms with van der Waals surface area (Å²) in [5, 5.41) is 7.89. The minimum absolute atomic E-state index is 0.195. The molecule has 1 aromatic heterocycles. The Morgan fingerprint density at radius 1 is 1.17 bits per heavy atom. The number of nitrogens with zero attached hydrogens (tertiary/aromatic N) is 1. The topological polar surface area (TPSA) is 98.8 Å². The quantitative estimate of drug-likeness (QED) is 0.645. The van der Waals surface area contributed by atoms with Crippen molar-refractivity contribution in [3.8, 4) is 28.5 Å². The molecular formula is C21H19N3O5S. The van der Waals surface area contributed by atoms with Gasteiger partial charge in [-0.15, -0.1) is 11.3 Å². The number of thiazole rings is 1. The van der Waals surface area contributed by atoms with E-state index in [1.54, 1.807) is 37.3 Å². The van der Waals surface area contributed by atoms with Crippen molar-refractivity contribution in [2.75, 3.05) is 24.9 Å². The smallest absolute Gasteiger partial charge is 0.265 e. The Hall–Kier alpha value is -3.59. The van der Waals surface area contributed by atoms with Crippen molar-refractivity contribution in [3.63, 3.8) is 0 Å². The van der Waals surface area contributed by atoms with E-state index in [1.807, 2.05) is 11.4 Å². The Balaban J connectivity index is 1.53. The van der Waals surface area contributed by atoms with Gasteiger partial charge in [-0.1, -0.05) is 0 Å². The van der Waals surface area contributed by atoms with Gasteiger partial charge < -0.3 is 19.5 Å². The first kappa shape index (κ1) is 19.7. The maximum atomic E-state index is 12.6. The monoisotopic (exact) mass is 425 g/mol. The normalized spacial score (nSPS) is 14.9. The Morgan fingerprint density at radius 3 is 2.60 bits per heavy atom. The van der Waals surface area contributed by atoms with Gasteiger partial charge in [0, 0.05) is 22.6 Å². The molecule has 0 fully saturated rings. The van der Waals surface area contributed by atoms with E-state index in [1.165, 1.54) is 25.6 Å². The van der Waals surface area contributed by atoms with Gasteiger partial charge in [0.05, 0.1) is 25.6 Å². The molecule has 154 valence electrons. The molecule has 8 nitrogen and oxygen atoms in total. The first-order valence-electron chi connectivity index (χ1n) is 9.08. The first-order chi connectivity index (χ1) is 14.5. The average molecular weight is 425 g/mol. The highest BCUT2D eigenvalue weighted by Gasteiger charge is 2.24. The molecule has 4 rings (SSSR count). The Labute approximate surface area is 176 Å². The van der Waals surface area contributed by atoms with Crippen LogP contribution in [0, 0.1) is 0 Å². The second-order valence-corrected chi connectivity index (χ2v) is 7.41. The summed E-state index contributed by atoms with van der Waals surface area (Å²) in [5.74, 6) is 1.13. The third-order valence-electron chi connectivity index (χ3n) is 4.54. The lowest BCUT2D eigenvalue weighted by molar-refractivity contribution is -0.122. The fourth-order valence-electron chi connectivity index (χ4n) is 2.94. The maximum absolute atomic E-state index is 12.6. The molecule has 1 atom stereocenters. The number of hydrogen-bond donors (Lipinski definition) is 2. The summed E-state index contributed by atoms with van der Waals surface area (Å²) < 4.78 is 16.0. The molecule has 0 spiro atoms. The zero-order valence-electron chi connectivity index (χ0n) is 16.5. The third-order valence-corrected chi connectivity index (χ3v) is 5.30. The van der Waals surface area contributed by atoms with E-state index in [-0.39, 0.29) is 11.8 Å². The van der Waals surface area contributed by atoms with Crippen LogP contribution in [0.25, 0.3) is 11.3 Å². The highest BCUT2D eigenvalue weighted by atomic mass is 32.1. The van der Waals surface area contributed by atoms with E-state index in [0.29, 0.717) is 39.3 Å². The molecule has 2 aromatic carbocycles. The van der Waals surface area contributed by atoms with E-state index < -0.39 is 6.10 Å². The summed E-state index contributed by atoms with van der Waals surface area (Å²) in [6.07, 6.45) is -0.528. The van der Waals surface area contributed by atoms with Gasteiger partial charge in [0.2, 0.25) is 0 Å². The van der Waals surface area contributed by atoms with Crippen molar-refractivity contribution in [1.82, 2.24) is 4.98 Å². The van der Waals surface area contributed by atoms with E-state index in [4.69, 9.17) is 14.2 Å². The lowest BCUT2D eigenvalue weighted by atomic mass is 10.1. The zero-order chi connectivity index (χ0) is 21.3. The van der Waals surface area contributed by atoms with Crippen molar-refractivity contribution < 1.29 is 23.8 Å². The van der Waals surface area contributed by atoms with Crippen LogP contribution in [-0.2, 0) is 4.79 Å². The van der Waals surface area contributed by atoms with Gasteiger partial charge in [-0.05, 0) is 37.3 Å². The molecule has 1 aliphatic rings. The number of aromatic nitrogens is 1. The number of anilines is 2. The van der Waals surface area contributed by atoms with Gasteiger partial charge >= 0.3 is 0 Å². The van der Waals surface area contributed by atoms with Crippen LogP contribution < -0.4 is 24.8 Å².